The molecule has 0 aromatic heterocycles. The van der Waals surface area contributed by atoms with Crippen molar-refractivity contribution in [3.8, 4) is 0 Å². The van der Waals surface area contributed by atoms with Gasteiger partial charge in [0, 0.05) is 12.4 Å². The second kappa shape index (κ2) is 9.67. The third-order valence-corrected chi connectivity index (χ3v) is 5.95. The quantitative estimate of drug-likeness (QED) is 0.337. The fourth-order valence-electron chi connectivity index (χ4n) is 4.35. The fraction of sp³-hybridized carbons (Fsp3) is 0.286. The van der Waals surface area contributed by atoms with Gasteiger partial charge in [-0.15, -0.1) is 0 Å². The number of hydrogen-bond donors (Lipinski definition) is 0. The highest BCUT2D eigenvalue weighted by molar-refractivity contribution is 5.84. The van der Waals surface area contributed by atoms with Crippen LogP contribution in [0.2, 0.25) is 0 Å². The average molecular weight is 395 g/mol. The van der Waals surface area contributed by atoms with Gasteiger partial charge >= 0.3 is 0 Å². The molecule has 0 saturated carbocycles. The highest BCUT2D eigenvalue weighted by Gasteiger charge is 2.35. The molecule has 2 nitrogen and oxygen atoms in total. The molecule has 0 aromatic carbocycles. The van der Waals surface area contributed by atoms with Gasteiger partial charge in [-0.3, -0.25) is 9.98 Å². The van der Waals surface area contributed by atoms with E-state index in [2.05, 4.69) is 74.3 Å². The van der Waals surface area contributed by atoms with Gasteiger partial charge in [-0.05, 0) is 64.9 Å². The number of rotatable bonds is 7. The van der Waals surface area contributed by atoms with E-state index in [-0.39, 0.29) is 12.1 Å². The molecular weight excluding hydrogens is 364 g/mol. The van der Waals surface area contributed by atoms with Crippen LogP contribution in [0.3, 0.4) is 0 Å². The van der Waals surface area contributed by atoms with Gasteiger partial charge < -0.3 is 0 Å². The SMILES string of the molecule is C=C/C(=C\C=C/CCCC)C1=CC=NC2C1=CC=C1C(C3=CCCC=C3)=CC=NC12. The van der Waals surface area contributed by atoms with Crippen LogP contribution < -0.4 is 0 Å². The molecule has 2 aliphatic heterocycles. The Morgan fingerprint density at radius 2 is 1.87 bits per heavy atom. The van der Waals surface area contributed by atoms with E-state index in [9.17, 15) is 0 Å². The van der Waals surface area contributed by atoms with E-state index in [1.54, 1.807) is 0 Å². The Hall–Kier alpha value is -3.00. The lowest BCUT2D eigenvalue weighted by molar-refractivity contribution is 0.650. The lowest BCUT2D eigenvalue weighted by atomic mass is 9.76. The van der Waals surface area contributed by atoms with Crippen LogP contribution in [-0.2, 0) is 0 Å². The van der Waals surface area contributed by atoms with Crippen molar-refractivity contribution in [1.29, 1.82) is 0 Å². The van der Waals surface area contributed by atoms with Crippen molar-refractivity contribution in [3.05, 3.63) is 107 Å². The average Bonchev–Trinajstić information content (AvgIpc) is 2.81. The van der Waals surface area contributed by atoms with Crippen LogP contribution in [0, 0.1) is 0 Å². The molecule has 4 rings (SSSR count). The van der Waals surface area contributed by atoms with E-state index in [0.717, 1.165) is 24.8 Å². The van der Waals surface area contributed by atoms with Crippen LogP contribution >= 0.6 is 0 Å². The minimum absolute atomic E-state index is 0.0190. The molecule has 0 fully saturated rings. The summed E-state index contributed by atoms with van der Waals surface area (Å²) in [6.07, 6.45) is 33.7. The summed E-state index contributed by atoms with van der Waals surface area (Å²) in [7, 11) is 0. The van der Waals surface area contributed by atoms with Gasteiger partial charge in [-0.2, -0.15) is 0 Å². The number of hydrogen-bond acceptors (Lipinski definition) is 2. The maximum atomic E-state index is 4.83. The van der Waals surface area contributed by atoms with Crippen LogP contribution in [0.25, 0.3) is 0 Å². The number of aliphatic imine (C=N–C) groups is 2. The summed E-state index contributed by atoms with van der Waals surface area (Å²) >= 11 is 0. The number of dihydropyridines is 2. The molecule has 0 saturated heterocycles. The van der Waals surface area contributed by atoms with Gasteiger partial charge in [-0.25, -0.2) is 0 Å². The van der Waals surface area contributed by atoms with Crippen molar-refractivity contribution in [2.75, 3.05) is 0 Å². The Kier molecular flexibility index (Phi) is 6.53. The smallest absolute Gasteiger partial charge is 0.102 e. The molecular formula is C28H30N2. The van der Waals surface area contributed by atoms with E-state index < -0.39 is 0 Å². The van der Waals surface area contributed by atoms with E-state index in [1.165, 1.54) is 40.7 Å². The summed E-state index contributed by atoms with van der Waals surface area (Å²) in [5.74, 6) is 0. The predicted molar refractivity (Wildman–Crippen MR) is 130 cm³/mol. The molecule has 0 aromatic rings. The van der Waals surface area contributed by atoms with E-state index in [4.69, 9.17) is 9.98 Å². The topological polar surface area (TPSA) is 24.7 Å². The first-order valence-electron chi connectivity index (χ1n) is 11.1. The molecule has 152 valence electrons. The van der Waals surface area contributed by atoms with Gasteiger partial charge in [0.1, 0.15) is 12.1 Å². The molecule has 0 N–H and O–H groups in total. The normalized spacial score (nSPS) is 25.1. The second-order valence-corrected chi connectivity index (χ2v) is 7.93. The molecule has 30 heavy (non-hydrogen) atoms. The van der Waals surface area contributed by atoms with Gasteiger partial charge in [0.2, 0.25) is 0 Å². The zero-order valence-electron chi connectivity index (χ0n) is 17.8. The maximum absolute atomic E-state index is 4.83. The molecule has 0 bridgehead atoms. The van der Waals surface area contributed by atoms with Gasteiger partial charge in [0.05, 0.1) is 0 Å². The number of fused-ring (bicyclic) bond motifs is 3. The predicted octanol–water partition coefficient (Wildman–Crippen LogP) is 6.75. The molecule has 0 spiro atoms. The number of nitrogens with zero attached hydrogens (tertiary/aromatic N) is 2. The van der Waals surface area contributed by atoms with Crippen molar-refractivity contribution < 1.29 is 0 Å². The third kappa shape index (κ3) is 4.14. The first-order valence-corrected chi connectivity index (χ1v) is 11.1. The minimum atomic E-state index is 0.0190. The zero-order chi connectivity index (χ0) is 20.8. The summed E-state index contributed by atoms with van der Waals surface area (Å²) in [4.78, 5) is 9.67. The lowest BCUT2D eigenvalue weighted by Crippen LogP contribution is -2.34. The van der Waals surface area contributed by atoms with E-state index >= 15 is 0 Å². The molecule has 4 aliphatic rings. The van der Waals surface area contributed by atoms with E-state index in [1.807, 2.05) is 18.5 Å². The lowest BCUT2D eigenvalue weighted by Gasteiger charge is -2.34. The van der Waals surface area contributed by atoms with Crippen LogP contribution in [0.1, 0.15) is 39.0 Å². The summed E-state index contributed by atoms with van der Waals surface area (Å²) in [6, 6.07) is 0.0536. The Bertz CT molecular complexity index is 999. The van der Waals surface area contributed by atoms with Crippen molar-refractivity contribution >= 4 is 12.4 Å². The summed E-state index contributed by atoms with van der Waals surface area (Å²) < 4.78 is 0. The fourth-order valence-corrected chi connectivity index (χ4v) is 4.35. The Labute approximate surface area is 180 Å². The molecule has 0 radical (unpaired) electrons. The zero-order valence-corrected chi connectivity index (χ0v) is 17.8. The first-order chi connectivity index (χ1) is 14.8. The Morgan fingerprint density at radius 1 is 1.07 bits per heavy atom. The van der Waals surface area contributed by atoms with Crippen LogP contribution in [0.5, 0.6) is 0 Å². The summed E-state index contributed by atoms with van der Waals surface area (Å²) in [6.45, 7) is 6.28. The van der Waals surface area contributed by atoms with Gasteiger partial charge in [-0.1, -0.05) is 81.0 Å². The highest BCUT2D eigenvalue weighted by Crippen LogP contribution is 2.40. The van der Waals surface area contributed by atoms with E-state index in [0.29, 0.717) is 0 Å². The van der Waals surface area contributed by atoms with Gasteiger partial charge in [0.15, 0.2) is 0 Å². The monoisotopic (exact) mass is 394 g/mol. The summed E-state index contributed by atoms with van der Waals surface area (Å²) in [5, 5.41) is 0. The largest absolute Gasteiger partial charge is 0.282 e. The Morgan fingerprint density at radius 3 is 2.63 bits per heavy atom. The molecule has 2 heterocycles. The first kappa shape index (κ1) is 20.3. The molecule has 2 heteroatoms. The van der Waals surface area contributed by atoms with Crippen molar-refractivity contribution in [1.82, 2.24) is 0 Å². The molecule has 2 unspecified atom stereocenters. The molecule has 0 amide bonds. The maximum Gasteiger partial charge on any atom is 0.102 e. The number of unbranched alkanes of at least 4 members (excludes halogenated alkanes) is 2. The van der Waals surface area contributed by atoms with Gasteiger partial charge in [0.25, 0.3) is 0 Å². The van der Waals surface area contributed by atoms with Crippen LogP contribution in [0.4, 0.5) is 0 Å². The highest BCUT2D eigenvalue weighted by atomic mass is 14.9. The third-order valence-electron chi connectivity index (χ3n) is 5.95. The summed E-state index contributed by atoms with van der Waals surface area (Å²) in [5.41, 5.74) is 7.42. The van der Waals surface area contributed by atoms with Crippen molar-refractivity contribution in [2.24, 2.45) is 9.98 Å². The standard InChI is InChI=1S/C28H30N2/c1-3-5-6-7-9-12-21(4-2)23-17-19-29-27-25(23)15-16-26-24(18-20-30-28(26)27)22-13-10-8-11-14-22/h4,7,9-10,12-20,27-28H,2-3,5-6,8,11H2,1H3/b9-7-,21-12+. The van der Waals surface area contributed by atoms with Crippen molar-refractivity contribution in [3.63, 3.8) is 0 Å². The Balaban J connectivity index is 1.64. The van der Waals surface area contributed by atoms with Crippen LogP contribution in [0.15, 0.2) is 117 Å². The second-order valence-electron chi connectivity index (χ2n) is 7.93. The molecule has 2 aliphatic carbocycles. The number of allylic oxidation sites excluding steroid dienone is 13. The van der Waals surface area contributed by atoms with Crippen molar-refractivity contribution in [2.45, 2.75) is 51.1 Å². The minimum Gasteiger partial charge on any atom is -0.282 e. The molecule has 2 atom stereocenters. The van der Waals surface area contributed by atoms with Crippen LogP contribution in [-0.4, -0.2) is 24.5 Å².